The van der Waals surface area contributed by atoms with Gasteiger partial charge in [0.15, 0.2) is 0 Å². The Balaban J connectivity index is 1.98. The van der Waals surface area contributed by atoms with Crippen molar-refractivity contribution in [1.82, 2.24) is 0 Å². The van der Waals surface area contributed by atoms with E-state index in [-0.39, 0.29) is 5.91 Å². The minimum absolute atomic E-state index is 0.0838. The molecule has 2 nitrogen and oxygen atoms in total. The standard InChI is InChI=1S/C16H14BrNO/c1-11-3-2-4-12-9-10-18(15(11)12)16(19)13-5-7-14(17)8-6-13/h2-8H,9-10H2,1H3. The first-order valence-electron chi connectivity index (χ1n) is 6.33. The Morgan fingerprint density at radius 2 is 1.89 bits per heavy atom. The lowest BCUT2D eigenvalue weighted by Crippen LogP contribution is -2.29. The summed E-state index contributed by atoms with van der Waals surface area (Å²) in [5.41, 5.74) is 4.26. The molecule has 0 bridgehead atoms. The van der Waals surface area contributed by atoms with Crippen molar-refractivity contribution < 1.29 is 4.79 Å². The van der Waals surface area contributed by atoms with E-state index in [9.17, 15) is 4.79 Å². The third-order valence-electron chi connectivity index (χ3n) is 3.53. The van der Waals surface area contributed by atoms with Crippen LogP contribution in [0.25, 0.3) is 0 Å². The van der Waals surface area contributed by atoms with Crippen molar-refractivity contribution in [2.24, 2.45) is 0 Å². The number of hydrogen-bond acceptors (Lipinski definition) is 1. The number of hydrogen-bond donors (Lipinski definition) is 0. The van der Waals surface area contributed by atoms with Gasteiger partial charge in [-0.15, -0.1) is 0 Å². The second-order valence-electron chi connectivity index (χ2n) is 4.80. The minimum Gasteiger partial charge on any atom is -0.307 e. The number of para-hydroxylation sites is 1. The number of carbonyl (C=O) groups is 1. The number of rotatable bonds is 1. The van der Waals surface area contributed by atoms with Crippen molar-refractivity contribution in [2.75, 3.05) is 11.4 Å². The number of aryl methyl sites for hydroxylation is 1. The Morgan fingerprint density at radius 3 is 2.63 bits per heavy atom. The van der Waals surface area contributed by atoms with Crippen LogP contribution in [0.3, 0.4) is 0 Å². The van der Waals surface area contributed by atoms with Crippen LogP contribution in [0.1, 0.15) is 21.5 Å². The quantitative estimate of drug-likeness (QED) is 0.780. The lowest BCUT2D eigenvalue weighted by Gasteiger charge is -2.19. The molecule has 0 N–H and O–H groups in total. The zero-order chi connectivity index (χ0) is 13.4. The molecule has 0 unspecified atom stereocenters. The minimum atomic E-state index is 0.0838. The highest BCUT2D eigenvalue weighted by molar-refractivity contribution is 9.10. The van der Waals surface area contributed by atoms with Gasteiger partial charge in [0.05, 0.1) is 5.69 Å². The van der Waals surface area contributed by atoms with Gasteiger partial charge >= 0.3 is 0 Å². The van der Waals surface area contributed by atoms with E-state index < -0.39 is 0 Å². The molecule has 0 radical (unpaired) electrons. The summed E-state index contributed by atoms with van der Waals surface area (Å²) >= 11 is 3.39. The van der Waals surface area contributed by atoms with Crippen LogP contribution in [0.2, 0.25) is 0 Å². The van der Waals surface area contributed by atoms with Crippen LogP contribution in [-0.4, -0.2) is 12.5 Å². The molecule has 1 amide bonds. The lowest BCUT2D eigenvalue weighted by molar-refractivity contribution is 0.0989. The fourth-order valence-corrected chi connectivity index (χ4v) is 2.87. The number of benzene rings is 2. The van der Waals surface area contributed by atoms with Gasteiger partial charge in [0.25, 0.3) is 5.91 Å². The first-order chi connectivity index (χ1) is 9.16. The Kier molecular flexibility index (Phi) is 3.15. The molecule has 2 aromatic rings. The van der Waals surface area contributed by atoms with Crippen molar-refractivity contribution in [3.8, 4) is 0 Å². The number of anilines is 1. The molecule has 96 valence electrons. The van der Waals surface area contributed by atoms with E-state index in [0.717, 1.165) is 28.7 Å². The number of nitrogens with zero attached hydrogens (tertiary/aromatic N) is 1. The molecule has 2 aromatic carbocycles. The summed E-state index contributed by atoms with van der Waals surface area (Å²) < 4.78 is 0.988. The molecular weight excluding hydrogens is 302 g/mol. The monoisotopic (exact) mass is 315 g/mol. The summed E-state index contributed by atoms with van der Waals surface area (Å²) in [6, 6.07) is 13.8. The molecule has 0 spiro atoms. The molecule has 0 saturated carbocycles. The van der Waals surface area contributed by atoms with E-state index in [1.807, 2.05) is 29.2 Å². The second kappa shape index (κ2) is 4.82. The number of carbonyl (C=O) groups excluding carboxylic acids is 1. The summed E-state index contributed by atoms with van der Waals surface area (Å²) in [6.07, 6.45) is 0.944. The summed E-state index contributed by atoms with van der Waals surface area (Å²) in [5.74, 6) is 0.0838. The van der Waals surface area contributed by atoms with Crippen molar-refractivity contribution in [3.05, 3.63) is 63.6 Å². The molecule has 0 aliphatic carbocycles. The van der Waals surface area contributed by atoms with Crippen molar-refractivity contribution in [3.63, 3.8) is 0 Å². The van der Waals surface area contributed by atoms with Gasteiger partial charge in [0.1, 0.15) is 0 Å². The summed E-state index contributed by atoms with van der Waals surface area (Å²) in [4.78, 5) is 14.5. The predicted octanol–water partition coefficient (Wildman–Crippen LogP) is 3.96. The van der Waals surface area contributed by atoms with Crippen molar-refractivity contribution >= 4 is 27.5 Å². The Bertz CT molecular complexity index is 634. The van der Waals surface area contributed by atoms with E-state index in [1.165, 1.54) is 11.1 Å². The zero-order valence-corrected chi connectivity index (χ0v) is 12.3. The lowest BCUT2D eigenvalue weighted by atomic mass is 10.1. The third kappa shape index (κ3) is 2.19. The van der Waals surface area contributed by atoms with E-state index >= 15 is 0 Å². The highest BCUT2D eigenvalue weighted by atomic mass is 79.9. The molecule has 1 heterocycles. The molecule has 0 atom stereocenters. The predicted molar refractivity (Wildman–Crippen MR) is 80.7 cm³/mol. The largest absolute Gasteiger partial charge is 0.307 e. The zero-order valence-electron chi connectivity index (χ0n) is 10.7. The van der Waals surface area contributed by atoms with E-state index in [4.69, 9.17) is 0 Å². The van der Waals surface area contributed by atoms with Gasteiger partial charge in [0.2, 0.25) is 0 Å². The summed E-state index contributed by atoms with van der Waals surface area (Å²) in [5, 5.41) is 0. The van der Waals surface area contributed by atoms with Crippen LogP contribution >= 0.6 is 15.9 Å². The molecule has 0 fully saturated rings. The fourth-order valence-electron chi connectivity index (χ4n) is 2.60. The van der Waals surface area contributed by atoms with E-state index in [1.54, 1.807) is 0 Å². The Hall–Kier alpha value is -1.61. The molecule has 0 aromatic heterocycles. The van der Waals surface area contributed by atoms with Gasteiger partial charge in [-0.2, -0.15) is 0 Å². The van der Waals surface area contributed by atoms with Gasteiger partial charge in [-0.3, -0.25) is 4.79 Å². The van der Waals surface area contributed by atoms with Crippen molar-refractivity contribution in [1.29, 1.82) is 0 Å². The number of amides is 1. The van der Waals surface area contributed by atoms with Crippen LogP contribution in [-0.2, 0) is 6.42 Å². The van der Waals surface area contributed by atoms with Crippen LogP contribution < -0.4 is 4.90 Å². The van der Waals surface area contributed by atoms with Crippen LogP contribution in [0.15, 0.2) is 46.9 Å². The Morgan fingerprint density at radius 1 is 1.16 bits per heavy atom. The summed E-state index contributed by atoms with van der Waals surface area (Å²) in [7, 11) is 0. The normalized spacial score (nSPS) is 13.5. The highest BCUT2D eigenvalue weighted by Crippen LogP contribution is 2.32. The van der Waals surface area contributed by atoms with Crippen LogP contribution in [0.4, 0.5) is 5.69 Å². The van der Waals surface area contributed by atoms with Gasteiger partial charge < -0.3 is 4.90 Å². The SMILES string of the molecule is Cc1cccc2c1N(C(=O)c1ccc(Br)cc1)CC2. The maximum absolute atomic E-state index is 12.6. The maximum Gasteiger partial charge on any atom is 0.258 e. The van der Waals surface area contributed by atoms with Crippen LogP contribution in [0, 0.1) is 6.92 Å². The smallest absolute Gasteiger partial charge is 0.258 e. The van der Waals surface area contributed by atoms with Gasteiger partial charge in [-0.25, -0.2) is 0 Å². The number of halogens is 1. The first-order valence-corrected chi connectivity index (χ1v) is 7.12. The molecular formula is C16H14BrNO. The molecule has 19 heavy (non-hydrogen) atoms. The van der Waals surface area contributed by atoms with Gasteiger partial charge in [-0.1, -0.05) is 34.1 Å². The molecule has 3 rings (SSSR count). The molecule has 1 aliphatic heterocycles. The topological polar surface area (TPSA) is 20.3 Å². The first kappa shape index (κ1) is 12.4. The number of fused-ring (bicyclic) bond motifs is 1. The van der Waals surface area contributed by atoms with Crippen LogP contribution in [0.5, 0.6) is 0 Å². The average Bonchev–Trinajstić information content (AvgIpc) is 2.84. The average molecular weight is 316 g/mol. The van der Waals surface area contributed by atoms with E-state index in [2.05, 4.69) is 41.1 Å². The van der Waals surface area contributed by atoms with E-state index in [0.29, 0.717) is 0 Å². The second-order valence-corrected chi connectivity index (χ2v) is 5.71. The summed E-state index contributed by atoms with van der Waals surface area (Å²) in [6.45, 7) is 2.83. The maximum atomic E-state index is 12.6. The van der Waals surface area contributed by atoms with Gasteiger partial charge in [-0.05, 0) is 48.7 Å². The highest BCUT2D eigenvalue weighted by Gasteiger charge is 2.26. The third-order valence-corrected chi connectivity index (χ3v) is 4.06. The fraction of sp³-hybridized carbons (Fsp3) is 0.188. The Labute approximate surface area is 121 Å². The molecule has 3 heteroatoms. The molecule has 1 aliphatic rings. The van der Waals surface area contributed by atoms with Crippen molar-refractivity contribution in [2.45, 2.75) is 13.3 Å². The molecule has 0 saturated heterocycles. The van der Waals surface area contributed by atoms with Gasteiger partial charge in [0, 0.05) is 16.6 Å².